The van der Waals surface area contributed by atoms with Crippen molar-refractivity contribution in [3.63, 3.8) is 0 Å². The van der Waals surface area contributed by atoms with Gasteiger partial charge in [0.05, 0.1) is 16.1 Å². The first kappa shape index (κ1) is 19.5. The summed E-state index contributed by atoms with van der Waals surface area (Å²) in [6.07, 6.45) is 0. The summed E-state index contributed by atoms with van der Waals surface area (Å²) in [5, 5.41) is 11.2. The Morgan fingerprint density at radius 3 is 2.29 bits per heavy atom. The molecule has 3 rings (SSSR count). The minimum atomic E-state index is -1.03. The molecule has 0 spiro atoms. The lowest BCUT2D eigenvalue weighted by molar-refractivity contribution is -0.384. The molecule has 144 valence electrons. The number of nitro groups is 1. The molecule has 0 N–H and O–H groups in total. The number of hydrogen-bond donors (Lipinski definition) is 0. The number of imide groups is 1. The molecule has 0 aliphatic carbocycles. The van der Waals surface area contributed by atoms with E-state index >= 15 is 0 Å². The summed E-state index contributed by atoms with van der Waals surface area (Å²) in [6.45, 7) is 1.46. The third-order valence-electron chi connectivity index (χ3n) is 4.59. The highest BCUT2D eigenvalue weighted by Gasteiger charge is 2.41. The third-order valence-corrected chi connectivity index (χ3v) is 4.96. The van der Waals surface area contributed by atoms with Crippen LogP contribution in [0.2, 0.25) is 5.02 Å². The van der Waals surface area contributed by atoms with E-state index in [0.717, 1.165) is 4.90 Å². The molecular formula is C19H16ClN3O5. The second-order valence-electron chi connectivity index (χ2n) is 6.43. The van der Waals surface area contributed by atoms with Crippen LogP contribution >= 0.6 is 11.6 Å². The van der Waals surface area contributed by atoms with E-state index in [4.69, 9.17) is 11.6 Å². The van der Waals surface area contributed by atoms with Crippen molar-refractivity contribution in [2.45, 2.75) is 19.5 Å². The average molecular weight is 402 g/mol. The molecule has 3 amide bonds. The zero-order valence-corrected chi connectivity index (χ0v) is 15.8. The molecule has 1 aliphatic heterocycles. The van der Waals surface area contributed by atoms with Crippen LogP contribution in [0, 0.1) is 10.1 Å². The quantitative estimate of drug-likeness (QED) is 0.435. The highest BCUT2D eigenvalue weighted by atomic mass is 35.5. The van der Waals surface area contributed by atoms with Crippen LogP contribution in [0.4, 0.5) is 5.69 Å². The molecule has 2 aromatic carbocycles. The van der Waals surface area contributed by atoms with Crippen molar-refractivity contribution >= 4 is 35.0 Å². The molecule has 1 aliphatic rings. The summed E-state index contributed by atoms with van der Waals surface area (Å²) in [5.41, 5.74) is 0.767. The van der Waals surface area contributed by atoms with Gasteiger partial charge in [0.2, 0.25) is 5.91 Å². The first-order valence-corrected chi connectivity index (χ1v) is 8.75. The molecule has 28 heavy (non-hydrogen) atoms. The molecule has 0 aromatic heterocycles. The zero-order valence-electron chi connectivity index (χ0n) is 15.1. The fraction of sp³-hybridized carbons (Fsp3) is 0.211. The summed E-state index contributed by atoms with van der Waals surface area (Å²) in [7, 11) is 1.48. The minimum Gasteiger partial charge on any atom is -0.340 e. The second kappa shape index (κ2) is 7.40. The molecular weight excluding hydrogens is 386 g/mol. The number of nitrogens with zero attached hydrogens (tertiary/aromatic N) is 3. The van der Waals surface area contributed by atoms with E-state index < -0.39 is 28.7 Å². The molecule has 1 unspecified atom stereocenters. The number of halogens is 1. The number of carbonyl (C=O) groups excluding carboxylic acids is 3. The minimum absolute atomic E-state index is 0.00709. The van der Waals surface area contributed by atoms with Gasteiger partial charge in [-0.1, -0.05) is 23.7 Å². The Balaban J connectivity index is 1.79. The van der Waals surface area contributed by atoms with Gasteiger partial charge >= 0.3 is 0 Å². The number of amides is 3. The Kier molecular flexibility index (Phi) is 5.15. The van der Waals surface area contributed by atoms with E-state index in [1.54, 1.807) is 24.3 Å². The molecule has 8 nitrogen and oxygen atoms in total. The van der Waals surface area contributed by atoms with Crippen molar-refractivity contribution < 1.29 is 19.3 Å². The number of likely N-dealkylation sites (N-methyl/N-ethyl adjacent to an activating group) is 1. The second-order valence-corrected chi connectivity index (χ2v) is 6.84. The summed E-state index contributed by atoms with van der Waals surface area (Å²) in [4.78, 5) is 50.5. The van der Waals surface area contributed by atoms with Crippen molar-refractivity contribution in [2.75, 3.05) is 7.05 Å². The predicted octanol–water partition coefficient (Wildman–Crippen LogP) is 2.89. The van der Waals surface area contributed by atoms with Crippen molar-refractivity contribution in [2.24, 2.45) is 0 Å². The van der Waals surface area contributed by atoms with Crippen molar-refractivity contribution in [3.05, 3.63) is 74.3 Å². The monoisotopic (exact) mass is 401 g/mol. The van der Waals surface area contributed by atoms with E-state index in [0.29, 0.717) is 5.56 Å². The van der Waals surface area contributed by atoms with Gasteiger partial charge in [-0.2, -0.15) is 0 Å². The average Bonchev–Trinajstić information content (AvgIpc) is 2.93. The van der Waals surface area contributed by atoms with Crippen LogP contribution in [-0.4, -0.2) is 45.5 Å². The fourth-order valence-electron chi connectivity index (χ4n) is 3.12. The summed E-state index contributed by atoms with van der Waals surface area (Å²) in [5.74, 6) is -1.54. The summed E-state index contributed by atoms with van der Waals surface area (Å²) in [6, 6.07) is 9.30. The van der Waals surface area contributed by atoms with Crippen LogP contribution < -0.4 is 0 Å². The van der Waals surface area contributed by atoms with Gasteiger partial charge in [0, 0.05) is 30.7 Å². The van der Waals surface area contributed by atoms with E-state index in [9.17, 15) is 24.5 Å². The summed E-state index contributed by atoms with van der Waals surface area (Å²) >= 11 is 6.08. The highest BCUT2D eigenvalue weighted by Crippen LogP contribution is 2.26. The molecule has 0 fully saturated rings. The number of hydrogen-bond acceptors (Lipinski definition) is 5. The molecule has 0 radical (unpaired) electrons. The zero-order chi connectivity index (χ0) is 20.6. The van der Waals surface area contributed by atoms with Gasteiger partial charge in [0.25, 0.3) is 17.5 Å². The van der Waals surface area contributed by atoms with Gasteiger partial charge in [0.15, 0.2) is 0 Å². The van der Waals surface area contributed by atoms with E-state index in [1.807, 2.05) is 0 Å². The third kappa shape index (κ3) is 3.34. The Morgan fingerprint density at radius 1 is 1.18 bits per heavy atom. The van der Waals surface area contributed by atoms with Crippen LogP contribution in [0.25, 0.3) is 0 Å². The lowest BCUT2D eigenvalue weighted by atomic mass is 10.1. The van der Waals surface area contributed by atoms with Crippen molar-refractivity contribution in [1.29, 1.82) is 0 Å². The maximum atomic E-state index is 12.8. The lowest BCUT2D eigenvalue weighted by Gasteiger charge is -2.27. The Labute approximate surface area is 165 Å². The van der Waals surface area contributed by atoms with Gasteiger partial charge in [0.1, 0.15) is 6.04 Å². The molecule has 1 heterocycles. The fourth-order valence-corrected chi connectivity index (χ4v) is 3.30. The standard InChI is InChI=1S/C19H16ClN3O5/c1-11(22-18(25)14-5-3-4-6-15(14)19(22)26)17(24)21(2)10-12-9-13(23(27)28)7-8-16(12)20/h3-9,11H,10H2,1-2H3. The van der Waals surface area contributed by atoms with Gasteiger partial charge in [-0.3, -0.25) is 29.4 Å². The van der Waals surface area contributed by atoms with Gasteiger partial charge in [-0.15, -0.1) is 0 Å². The molecule has 2 aromatic rings. The molecule has 9 heteroatoms. The van der Waals surface area contributed by atoms with Crippen LogP contribution in [0.3, 0.4) is 0 Å². The van der Waals surface area contributed by atoms with Gasteiger partial charge < -0.3 is 4.90 Å². The SMILES string of the molecule is CC(C(=O)N(C)Cc1cc([N+](=O)[O-])ccc1Cl)N1C(=O)c2ccccc2C1=O. The smallest absolute Gasteiger partial charge is 0.269 e. The maximum Gasteiger partial charge on any atom is 0.269 e. The van der Waals surface area contributed by atoms with Crippen LogP contribution in [0.15, 0.2) is 42.5 Å². The lowest BCUT2D eigenvalue weighted by Crippen LogP contribution is -2.48. The number of carbonyl (C=O) groups is 3. The number of fused-ring (bicyclic) bond motifs is 1. The number of rotatable bonds is 5. The van der Waals surface area contributed by atoms with Crippen LogP contribution in [-0.2, 0) is 11.3 Å². The predicted molar refractivity (Wildman–Crippen MR) is 101 cm³/mol. The largest absolute Gasteiger partial charge is 0.340 e. The maximum absolute atomic E-state index is 12.8. The Morgan fingerprint density at radius 2 is 1.75 bits per heavy atom. The molecule has 0 bridgehead atoms. The molecule has 1 atom stereocenters. The van der Waals surface area contributed by atoms with Gasteiger partial charge in [-0.05, 0) is 30.7 Å². The number of non-ortho nitro benzene ring substituents is 1. The van der Waals surface area contributed by atoms with E-state index in [1.165, 1.54) is 37.1 Å². The Hall–Kier alpha value is -3.26. The van der Waals surface area contributed by atoms with Crippen LogP contribution in [0.1, 0.15) is 33.2 Å². The van der Waals surface area contributed by atoms with Crippen molar-refractivity contribution in [1.82, 2.24) is 9.80 Å². The van der Waals surface area contributed by atoms with Crippen LogP contribution in [0.5, 0.6) is 0 Å². The first-order valence-electron chi connectivity index (χ1n) is 8.37. The molecule has 0 saturated heterocycles. The number of benzene rings is 2. The Bertz CT molecular complexity index is 972. The normalized spacial score (nSPS) is 14.0. The summed E-state index contributed by atoms with van der Waals surface area (Å²) < 4.78 is 0. The first-order chi connectivity index (χ1) is 13.2. The van der Waals surface area contributed by atoms with Gasteiger partial charge in [-0.25, -0.2) is 0 Å². The topological polar surface area (TPSA) is 101 Å². The van der Waals surface area contributed by atoms with E-state index in [-0.39, 0.29) is 28.4 Å². The highest BCUT2D eigenvalue weighted by molar-refractivity contribution is 6.31. The van der Waals surface area contributed by atoms with Crippen molar-refractivity contribution in [3.8, 4) is 0 Å². The molecule has 0 saturated carbocycles. The number of nitro benzene ring substituents is 1. The van der Waals surface area contributed by atoms with E-state index in [2.05, 4.69) is 0 Å².